The Hall–Kier alpha value is -3.65. The summed E-state index contributed by atoms with van der Waals surface area (Å²) in [4.78, 5) is 38.1. The summed E-state index contributed by atoms with van der Waals surface area (Å²) in [6, 6.07) is 16.8. The number of carbonyl (C=O) groups excluding carboxylic acids is 3. The van der Waals surface area contributed by atoms with Crippen LogP contribution in [0.15, 0.2) is 54.6 Å². The van der Waals surface area contributed by atoms with Gasteiger partial charge in [-0.15, -0.1) is 11.3 Å². The fraction of sp³-hybridized carbons (Fsp3) is 0.269. The Labute approximate surface area is 202 Å². The second kappa shape index (κ2) is 12.0. The first-order valence-electron chi connectivity index (χ1n) is 11.0. The first-order chi connectivity index (χ1) is 16.4. The van der Waals surface area contributed by atoms with Crippen LogP contribution in [0.4, 0.5) is 5.00 Å². The summed E-state index contributed by atoms with van der Waals surface area (Å²) < 4.78 is 16.1. The van der Waals surface area contributed by atoms with Crippen LogP contribution in [0.2, 0.25) is 0 Å². The average molecular weight is 482 g/mol. The van der Waals surface area contributed by atoms with Crippen LogP contribution in [0.1, 0.15) is 50.6 Å². The number of anilines is 1. The Kier molecular flexibility index (Phi) is 8.81. The van der Waals surface area contributed by atoms with Crippen LogP contribution in [0.5, 0.6) is 5.75 Å². The molecule has 0 atom stereocenters. The van der Waals surface area contributed by atoms with Gasteiger partial charge in [0.2, 0.25) is 0 Å². The molecule has 1 aromatic heterocycles. The van der Waals surface area contributed by atoms with Crippen LogP contribution in [0, 0.1) is 6.92 Å². The molecular formula is C26H27NO6S. The number of hydrogen-bond donors (Lipinski definition) is 1. The van der Waals surface area contributed by atoms with E-state index in [-0.39, 0.29) is 35.3 Å². The van der Waals surface area contributed by atoms with E-state index < -0.39 is 17.8 Å². The standard InChI is InChI=1S/C26H27NO6S/c1-4-18-12-9-13-20(14-18)32-16-21(28)27-24-22(25(29)31-5-2)17(3)23(34-24)26(30)33-15-19-10-7-6-8-11-19/h6-14H,4-5,15-16H2,1-3H3,(H,27,28). The molecule has 0 bridgehead atoms. The van der Waals surface area contributed by atoms with Gasteiger partial charge in [0, 0.05) is 0 Å². The lowest BCUT2D eigenvalue weighted by Crippen LogP contribution is -2.21. The van der Waals surface area contributed by atoms with Gasteiger partial charge in [-0.05, 0) is 49.1 Å². The van der Waals surface area contributed by atoms with E-state index >= 15 is 0 Å². The second-order valence-electron chi connectivity index (χ2n) is 7.38. The van der Waals surface area contributed by atoms with Crippen LogP contribution in [0.3, 0.4) is 0 Å². The van der Waals surface area contributed by atoms with Crippen molar-refractivity contribution in [3.8, 4) is 5.75 Å². The Morgan fingerprint density at radius 2 is 1.65 bits per heavy atom. The van der Waals surface area contributed by atoms with Crippen molar-refractivity contribution in [3.63, 3.8) is 0 Å². The minimum Gasteiger partial charge on any atom is -0.484 e. The van der Waals surface area contributed by atoms with Crippen LogP contribution < -0.4 is 10.1 Å². The molecule has 0 saturated carbocycles. The van der Waals surface area contributed by atoms with E-state index in [2.05, 4.69) is 5.32 Å². The van der Waals surface area contributed by atoms with E-state index in [0.717, 1.165) is 28.9 Å². The molecular weight excluding hydrogens is 454 g/mol. The monoisotopic (exact) mass is 481 g/mol. The summed E-state index contributed by atoms with van der Waals surface area (Å²) in [5.41, 5.74) is 2.47. The number of rotatable bonds is 10. The molecule has 0 aliphatic rings. The van der Waals surface area contributed by atoms with Gasteiger partial charge in [-0.3, -0.25) is 4.79 Å². The number of benzene rings is 2. The molecule has 178 valence electrons. The minimum absolute atomic E-state index is 0.0953. The third kappa shape index (κ3) is 6.45. The first-order valence-corrected chi connectivity index (χ1v) is 11.8. The summed E-state index contributed by atoms with van der Waals surface area (Å²) in [5.74, 6) is -1.08. The van der Waals surface area contributed by atoms with Crippen molar-refractivity contribution < 1.29 is 28.6 Å². The molecule has 1 amide bonds. The number of esters is 2. The van der Waals surface area contributed by atoms with Gasteiger partial charge in [0.05, 0.1) is 12.2 Å². The zero-order valence-electron chi connectivity index (χ0n) is 19.4. The molecule has 1 N–H and O–H groups in total. The number of carbonyl (C=O) groups is 3. The largest absolute Gasteiger partial charge is 0.484 e. The van der Waals surface area contributed by atoms with Crippen molar-refractivity contribution in [1.82, 2.24) is 0 Å². The Balaban J connectivity index is 1.74. The topological polar surface area (TPSA) is 90.9 Å². The number of aryl methyl sites for hydroxylation is 1. The molecule has 2 aromatic carbocycles. The predicted octanol–water partition coefficient (Wildman–Crippen LogP) is 5.17. The molecule has 0 aliphatic heterocycles. The van der Waals surface area contributed by atoms with Gasteiger partial charge < -0.3 is 19.5 Å². The Morgan fingerprint density at radius 3 is 2.35 bits per heavy atom. The van der Waals surface area contributed by atoms with Gasteiger partial charge in [-0.25, -0.2) is 9.59 Å². The van der Waals surface area contributed by atoms with Crippen LogP contribution in [-0.4, -0.2) is 31.1 Å². The first kappa shape index (κ1) is 25.0. The maximum Gasteiger partial charge on any atom is 0.349 e. The summed E-state index contributed by atoms with van der Waals surface area (Å²) in [5, 5.41) is 2.91. The fourth-order valence-electron chi connectivity index (χ4n) is 3.20. The maximum atomic E-state index is 12.7. The Bertz CT molecular complexity index is 1160. The summed E-state index contributed by atoms with van der Waals surface area (Å²) in [7, 11) is 0. The number of nitrogens with one attached hydrogen (secondary N) is 1. The molecule has 3 rings (SSSR count). The molecule has 0 aliphatic carbocycles. The molecule has 0 saturated heterocycles. The van der Waals surface area contributed by atoms with Crippen molar-refractivity contribution in [3.05, 3.63) is 81.7 Å². The summed E-state index contributed by atoms with van der Waals surface area (Å²) >= 11 is 0.977. The molecule has 0 radical (unpaired) electrons. The minimum atomic E-state index is -0.620. The third-order valence-corrected chi connectivity index (χ3v) is 6.14. The molecule has 8 heteroatoms. The van der Waals surface area contributed by atoms with E-state index in [1.54, 1.807) is 19.9 Å². The zero-order valence-corrected chi connectivity index (χ0v) is 20.2. The molecule has 0 fully saturated rings. The maximum absolute atomic E-state index is 12.7. The second-order valence-corrected chi connectivity index (χ2v) is 8.40. The van der Waals surface area contributed by atoms with Crippen molar-refractivity contribution in [2.75, 3.05) is 18.5 Å². The van der Waals surface area contributed by atoms with Crippen LogP contribution >= 0.6 is 11.3 Å². The highest BCUT2D eigenvalue weighted by Crippen LogP contribution is 2.34. The number of amides is 1. The highest BCUT2D eigenvalue weighted by atomic mass is 32.1. The third-order valence-electron chi connectivity index (χ3n) is 4.95. The molecule has 7 nitrogen and oxygen atoms in total. The lowest BCUT2D eigenvalue weighted by molar-refractivity contribution is -0.118. The highest BCUT2D eigenvalue weighted by molar-refractivity contribution is 7.18. The van der Waals surface area contributed by atoms with Crippen LogP contribution in [0.25, 0.3) is 0 Å². The van der Waals surface area contributed by atoms with Gasteiger partial charge in [-0.1, -0.05) is 49.4 Å². The van der Waals surface area contributed by atoms with Gasteiger partial charge in [-0.2, -0.15) is 0 Å². The van der Waals surface area contributed by atoms with Gasteiger partial charge in [0.1, 0.15) is 22.2 Å². The SMILES string of the molecule is CCOC(=O)c1c(NC(=O)COc2cccc(CC)c2)sc(C(=O)OCc2ccccc2)c1C. The molecule has 34 heavy (non-hydrogen) atoms. The molecule has 3 aromatic rings. The van der Waals surface area contributed by atoms with E-state index in [1.807, 2.05) is 55.5 Å². The van der Waals surface area contributed by atoms with E-state index in [0.29, 0.717) is 11.3 Å². The van der Waals surface area contributed by atoms with E-state index in [4.69, 9.17) is 14.2 Å². The lowest BCUT2D eigenvalue weighted by atomic mass is 10.1. The van der Waals surface area contributed by atoms with Gasteiger partial charge in [0.25, 0.3) is 5.91 Å². The molecule has 0 unspecified atom stereocenters. The van der Waals surface area contributed by atoms with Crippen LogP contribution in [-0.2, 0) is 27.3 Å². The lowest BCUT2D eigenvalue weighted by Gasteiger charge is -2.09. The van der Waals surface area contributed by atoms with Crippen molar-refractivity contribution in [2.24, 2.45) is 0 Å². The Morgan fingerprint density at radius 1 is 0.912 bits per heavy atom. The van der Waals surface area contributed by atoms with E-state index in [1.165, 1.54) is 0 Å². The normalized spacial score (nSPS) is 10.4. The van der Waals surface area contributed by atoms with Crippen molar-refractivity contribution >= 4 is 34.2 Å². The highest BCUT2D eigenvalue weighted by Gasteiger charge is 2.27. The predicted molar refractivity (Wildman–Crippen MR) is 131 cm³/mol. The number of thiophene rings is 1. The quantitative estimate of drug-likeness (QED) is 0.402. The molecule has 1 heterocycles. The molecule has 0 spiro atoms. The smallest absolute Gasteiger partial charge is 0.349 e. The summed E-state index contributed by atoms with van der Waals surface area (Å²) in [6.07, 6.45) is 0.851. The van der Waals surface area contributed by atoms with Crippen molar-refractivity contribution in [2.45, 2.75) is 33.8 Å². The fourth-order valence-corrected chi connectivity index (χ4v) is 4.31. The summed E-state index contributed by atoms with van der Waals surface area (Å²) in [6.45, 7) is 5.35. The van der Waals surface area contributed by atoms with Crippen molar-refractivity contribution in [1.29, 1.82) is 0 Å². The van der Waals surface area contributed by atoms with E-state index in [9.17, 15) is 14.4 Å². The van der Waals surface area contributed by atoms with Gasteiger partial charge in [0.15, 0.2) is 6.61 Å². The number of ether oxygens (including phenoxy) is 3. The zero-order chi connectivity index (χ0) is 24.5. The van der Waals surface area contributed by atoms with Gasteiger partial charge >= 0.3 is 11.9 Å². The average Bonchev–Trinajstić information content (AvgIpc) is 3.17. The number of hydrogen-bond acceptors (Lipinski definition) is 7.